The van der Waals surface area contributed by atoms with Crippen LogP contribution in [0.5, 0.6) is 0 Å². The number of hydrogen-bond donors (Lipinski definition) is 5. The van der Waals surface area contributed by atoms with Gasteiger partial charge in [0, 0.05) is 5.41 Å². The molecule has 0 saturated heterocycles. The van der Waals surface area contributed by atoms with Crippen molar-refractivity contribution < 1.29 is 25.5 Å². The molecule has 104 valence electrons. The van der Waals surface area contributed by atoms with E-state index in [4.69, 9.17) is 25.5 Å². The Labute approximate surface area is 107 Å². The van der Waals surface area contributed by atoms with Gasteiger partial charge in [-0.15, -0.1) is 0 Å². The number of hydrogen-bond acceptors (Lipinski definition) is 5. The van der Waals surface area contributed by atoms with Crippen molar-refractivity contribution in [3.63, 3.8) is 0 Å². The Morgan fingerprint density at radius 3 is 1.44 bits per heavy atom. The standard InChI is InChI=1S/C8H10O2.C5H12O3/c9-5-7-2-1-3-8(4-7)6-10;1-5(2-6,3-7)4-8/h1-4,9-10H,5-6H2;6-8H,2-4H2,1H3. The lowest BCUT2D eigenvalue weighted by atomic mass is 9.95. The van der Waals surface area contributed by atoms with Gasteiger partial charge in [-0.05, 0) is 11.1 Å². The lowest BCUT2D eigenvalue weighted by Crippen LogP contribution is -2.29. The van der Waals surface area contributed by atoms with Gasteiger partial charge in [0.1, 0.15) is 0 Å². The Balaban J connectivity index is 0.000000331. The fourth-order valence-electron chi connectivity index (χ4n) is 0.976. The zero-order valence-corrected chi connectivity index (χ0v) is 10.6. The average molecular weight is 258 g/mol. The van der Waals surface area contributed by atoms with Gasteiger partial charge in [0.25, 0.3) is 0 Å². The van der Waals surface area contributed by atoms with E-state index in [2.05, 4.69) is 0 Å². The first-order valence-electron chi connectivity index (χ1n) is 5.67. The van der Waals surface area contributed by atoms with Crippen molar-refractivity contribution in [3.05, 3.63) is 35.4 Å². The fraction of sp³-hybridized carbons (Fsp3) is 0.538. The predicted molar refractivity (Wildman–Crippen MR) is 67.7 cm³/mol. The van der Waals surface area contributed by atoms with Gasteiger partial charge >= 0.3 is 0 Å². The van der Waals surface area contributed by atoms with Crippen LogP contribution in [-0.2, 0) is 13.2 Å². The van der Waals surface area contributed by atoms with E-state index < -0.39 is 5.41 Å². The summed E-state index contributed by atoms with van der Waals surface area (Å²) < 4.78 is 0. The molecular formula is C13H22O5. The number of benzene rings is 1. The second kappa shape index (κ2) is 9.02. The summed E-state index contributed by atoms with van der Waals surface area (Å²) in [5.74, 6) is 0. The molecule has 1 rings (SSSR count). The molecule has 0 fully saturated rings. The molecule has 0 amide bonds. The first kappa shape index (κ1) is 17.0. The molecule has 0 aliphatic carbocycles. The van der Waals surface area contributed by atoms with Gasteiger partial charge in [0.2, 0.25) is 0 Å². The molecule has 0 spiro atoms. The average Bonchev–Trinajstić information content (AvgIpc) is 2.47. The molecule has 5 heteroatoms. The van der Waals surface area contributed by atoms with Crippen LogP contribution in [0.1, 0.15) is 18.1 Å². The molecule has 0 aliphatic rings. The van der Waals surface area contributed by atoms with Crippen molar-refractivity contribution in [2.75, 3.05) is 19.8 Å². The Morgan fingerprint density at radius 2 is 1.22 bits per heavy atom. The summed E-state index contributed by atoms with van der Waals surface area (Å²) in [4.78, 5) is 0. The highest BCUT2D eigenvalue weighted by Crippen LogP contribution is 2.11. The molecule has 0 radical (unpaired) electrons. The van der Waals surface area contributed by atoms with E-state index in [1.807, 2.05) is 18.2 Å². The quantitative estimate of drug-likeness (QED) is 0.496. The summed E-state index contributed by atoms with van der Waals surface area (Å²) in [5, 5.41) is 42.7. The van der Waals surface area contributed by atoms with Crippen LogP contribution in [0.3, 0.4) is 0 Å². The highest BCUT2D eigenvalue weighted by molar-refractivity contribution is 5.21. The van der Waals surface area contributed by atoms with Crippen LogP contribution in [0, 0.1) is 5.41 Å². The molecule has 1 aromatic carbocycles. The second-order valence-electron chi connectivity index (χ2n) is 4.42. The van der Waals surface area contributed by atoms with Gasteiger partial charge in [0.15, 0.2) is 0 Å². The van der Waals surface area contributed by atoms with Crippen molar-refractivity contribution in [2.24, 2.45) is 5.41 Å². The van der Waals surface area contributed by atoms with E-state index in [-0.39, 0.29) is 33.0 Å². The molecular weight excluding hydrogens is 236 g/mol. The summed E-state index contributed by atoms with van der Waals surface area (Å²) in [7, 11) is 0. The third-order valence-electron chi connectivity index (χ3n) is 2.50. The molecule has 18 heavy (non-hydrogen) atoms. The molecule has 5 N–H and O–H groups in total. The minimum absolute atomic E-state index is 0.0356. The highest BCUT2D eigenvalue weighted by atomic mass is 16.3. The van der Waals surface area contributed by atoms with Gasteiger partial charge in [-0.2, -0.15) is 0 Å². The lowest BCUT2D eigenvalue weighted by Gasteiger charge is -2.20. The molecule has 0 aliphatic heterocycles. The normalized spacial score (nSPS) is 10.8. The SMILES string of the molecule is CC(CO)(CO)CO.OCc1cccc(CO)c1. The van der Waals surface area contributed by atoms with E-state index in [0.29, 0.717) is 0 Å². The van der Waals surface area contributed by atoms with Crippen LogP contribution in [0.4, 0.5) is 0 Å². The van der Waals surface area contributed by atoms with Crippen LogP contribution >= 0.6 is 0 Å². The van der Waals surface area contributed by atoms with Crippen molar-refractivity contribution in [1.29, 1.82) is 0 Å². The maximum absolute atomic E-state index is 8.68. The summed E-state index contributed by atoms with van der Waals surface area (Å²) in [6.45, 7) is 1.13. The van der Waals surface area contributed by atoms with E-state index in [1.54, 1.807) is 13.0 Å². The van der Waals surface area contributed by atoms with E-state index in [1.165, 1.54) is 0 Å². The molecule has 0 unspecified atom stereocenters. The summed E-state index contributed by atoms with van der Waals surface area (Å²) in [5.41, 5.74) is 0.970. The maximum Gasteiger partial charge on any atom is 0.0681 e. The molecule has 0 saturated carbocycles. The van der Waals surface area contributed by atoms with Crippen LogP contribution in [0.15, 0.2) is 24.3 Å². The topological polar surface area (TPSA) is 101 Å². The van der Waals surface area contributed by atoms with Crippen LogP contribution < -0.4 is 0 Å². The monoisotopic (exact) mass is 258 g/mol. The van der Waals surface area contributed by atoms with E-state index in [0.717, 1.165) is 11.1 Å². The molecule has 0 aromatic heterocycles. The van der Waals surface area contributed by atoms with Gasteiger partial charge in [0.05, 0.1) is 33.0 Å². The Morgan fingerprint density at radius 1 is 0.833 bits per heavy atom. The number of rotatable bonds is 5. The van der Waals surface area contributed by atoms with E-state index in [9.17, 15) is 0 Å². The zero-order valence-electron chi connectivity index (χ0n) is 10.6. The maximum atomic E-state index is 8.68. The van der Waals surface area contributed by atoms with Crippen molar-refractivity contribution >= 4 is 0 Å². The molecule has 0 bridgehead atoms. The smallest absolute Gasteiger partial charge is 0.0681 e. The first-order valence-corrected chi connectivity index (χ1v) is 5.67. The van der Waals surface area contributed by atoms with Gasteiger partial charge in [-0.1, -0.05) is 31.2 Å². The molecule has 1 aromatic rings. The summed E-state index contributed by atoms with van der Waals surface area (Å²) in [6, 6.07) is 7.23. The minimum atomic E-state index is -0.708. The third kappa shape index (κ3) is 6.09. The van der Waals surface area contributed by atoms with Gasteiger partial charge in [-0.3, -0.25) is 0 Å². The largest absolute Gasteiger partial charge is 0.396 e. The molecule has 5 nitrogen and oxygen atoms in total. The van der Waals surface area contributed by atoms with Crippen LogP contribution in [-0.4, -0.2) is 45.4 Å². The second-order valence-corrected chi connectivity index (χ2v) is 4.42. The van der Waals surface area contributed by atoms with Crippen molar-refractivity contribution in [3.8, 4) is 0 Å². The van der Waals surface area contributed by atoms with E-state index >= 15 is 0 Å². The van der Waals surface area contributed by atoms with Crippen molar-refractivity contribution in [1.82, 2.24) is 0 Å². The van der Waals surface area contributed by atoms with Gasteiger partial charge < -0.3 is 25.5 Å². The Kier molecular flexibility index (Phi) is 8.53. The summed E-state index contributed by atoms with van der Waals surface area (Å²) >= 11 is 0. The summed E-state index contributed by atoms with van der Waals surface area (Å²) in [6.07, 6.45) is 0. The number of aliphatic hydroxyl groups is 5. The zero-order chi connectivity index (χ0) is 14.0. The van der Waals surface area contributed by atoms with Crippen LogP contribution in [0.2, 0.25) is 0 Å². The lowest BCUT2D eigenvalue weighted by molar-refractivity contribution is 0.0200. The minimum Gasteiger partial charge on any atom is -0.396 e. The number of aliphatic hydroxyl groups excluding tert-OH is 5. The highest BCUT2D eigenvalue weighted by Gasteiger charge is 2.20. The van der Waals surface area contributed by atoms with Gasteiger partial charge in [-0.25, -0.2) is 0 Å². The fourth-order valence-corrected chi connectivity index (χ4v) is 0.976. The Hall–Kier alpha value is -0.980. The molecule has 0 atom stereocenters. The van der Waals surface area contributed by atoms with Crippen LogP contribution in [0.25, 0.3) is 0 Å². The third-order valence-corrected chi connectivity index (χ3v) is 2.50. The van der Waals surface area contributed by atoms with Crippen molar-refractivity contribution in [2.45, 2.75) is 20.1 Å². The first-order chi connectivity index (χ1) is 8.55. The molecule has 0 heterocycles. The predicted octanol–water partition coefficient (Wildman–Crippen LogP) is -0.359. The Bertz CT molecular complexity index is 295.